The van der Waals surface area contributed by atoms with Crippen molar-refractivity contribution in [1.82, 2.24) is 0 Å². The molecule has 1 unspecified atom stereocenters. The molecule has 0 fully saturated rings. The first-order valence-electron chi connectivity index (χ1n) is 13.0. The number of hydrogen-bond donors (Lipinski definition) is 0. The van der Waals surface area contributed by atoms with Gasteiger partial charge in [0.1, 0.15) is 23.7 Å². The van der Waals surface area contributed by atoms with Crippen molar-refractivity contribution >= 4 is 37.4 Å². The predicted octanol–water partition coefficient (Wildman–Crippen LogP) is 4.54. The molecule has 2 aromatic rings. The van der Waals surface area contributed by atoms with Gasteiger partial charge in [-0.3, -0.25) is 9.59 Å². The molecule has 2 aromatic carbocycles. The van der Waals surface area contributed by atoms with Gasteiger partial charge >= 0.3 is 11.9 Å². The topological polar surface area (TPSA) is 156 Å². The largest absolute Gasteiger partial charge is 0.461 e. The number of ether oxygens (including phenoxy) is 2. The van der Waals surface area contributed by atoms with Crippen molar-refractivity contribution in [3.05, 3.63) is 74.8 Å². The molecule has 0 bridgehead atoms. The normalized spacial score (nSPS) is 12.0. The van der Waals surface area contributed by atoms with Gasteiger partial charge < -0.3 is 14.3 Å². The molecule has 2 rings (SSSR count). The fourth-order valence-electron chi connectivity index (χ4n) is 3.82. The van der Waals surface area contributed by atoms with E-state index in [1.165, 1.54) is 17.7 Å². The number of ketones is 1. The summed E-state index contributed by atoms with van der Waals surface area (Å²) < 4.78 is 33.1. The molecule has 0 aliphatic carbocycles. The Morgan fingerprint density at radius 3 is 2.27 bits per heavy atom. The molecule has 224 valence electrons. The lowest BCUT2D eigenvalue weighted by Crippen LogP contribution is -2.16. The number of hydrogen-bond acceptors (Lipinski definition) is 11. The Balaban J connectivity index is 2.16. The summed E-state index contributed by atoms with van der Waals surface area (Å²) in [5.74, 6) is -1.69. The summed E-state index contributed by atoms with van der Waals surface area (Å²) >= 11 is 0. The maximum Gasteiger partial charge on any atom is 0.341 e. The number of benzene rings is 2. The molecule has 0 N–H and O–H groups in total. The van der Waals surface area contributed by atoms with Gasteiger partial charge in [0.2, 0.25) is 0 Å². The first kappa shape index (κ1) is 33.8. The third-order valence-electron chi connectivity index (χ3n) is 5.81. The van der Waals surface area contributed by atoms with E-state index >= 15 is 0 Å². The van der Waals surface area contributed by atoms with Gasteiger partial charge in [0.15, 0.2) is 8.87 Å². The third kappa shape index (κ3) is 12.7. The van der Waals surface area contributed by atoms with Gasteiger partial charge in [0, 0.05) is 30.8 Å². The standard InChI is InChI=1S/C28H35NO10S2/c1-19(2)16-21-7-10-23(11-8-21)20(3)25(30)18-22-9-12-26(39-27(31)6-5-13-38-29(33)34)24(17-22)28(32)37-14-15-40-41(4,35)36/h7-12,17,19-20H,5-6,13-16,18H2,1-4H3. The molecule has 1 atom stereocenters. The van der Waals surface area contributed by atoms with Crippen molar-refractivity contribution in [2.75, 3.05) is 25.2 Å². The summed E-state index contributed by atoms with van der Waals surface area (Å²) in [6, 6.07) is 12.3. The zero-order valence-corrected chi connectivity index (χ0v) is 25.1. The van der Waals surface area contributed by atoms with Gasteiger partial charge in [-0.25, -0.2) is 13.2 Å². The van der Waals surface area contributed by atoms with Crippen LogP contribution in [-0.2, 0) is 40.9 Å². The van der Waals surface area contributed by atoms with Crippen LogP contribution in [0.2, 0.25) is 0 Å². The minimum absolute atomic E-state index is 0.00178. The highest BCUT2D eigenvalue weighted by Gasteiger charge is 2.21. The van der Waals surface area contributed by atoms with Gasteiger partial charge in [0.25, 0.3) is 5.09 Å². The molecule has 0 aromatic heterocycles. The van der Waals surface area contributed by atoms with Crippen LogP contribution in [0.15, 0.2) is 42.5 Å². The average molecular weight is 610 g/mol. The van der Waals surface area contributed by atoms with Crippen LogP contribution in [0.4, 0.5) is 0 Å². The molecule has 0 amide bonds. The number of carbonyl (C=O) groups is 3. The lowest BCUT2D eigenvalue weighted by atomic mass is 9.91. The van der Waals surface area contributed by atoms with Crippen LogP contribution in [0, 0.1) is 16.0 Å². The van der Waals surface area contributed by atoms with E-state index in [9.17, 15) is 32.9 Å². The molecular weight excluding hydrogens is 574 g/mol. The van der Waals surface area contributed by atoms with E-state index in [-0.39, 0.29) is 55.3 Å². The Morgan fingerprint density at radius 2 is 1.66 bits per heavy atom. The molecule has 13 heteroatoms. The highest BCUT2D eigenvalue weighted by atomic mass is 33.1. The van der Waals surface area contributed by atoms with Crippen LogP contribution in [0.3, 0.4) is 0 Å². The fourth-order valence-corrected chi connectivity index (χ4v) is 5.38. The summed E-state index contributed by atoms with van der Waals surface area (Å²) in [7, 11) is -2.70. The smallest absolute Gasteiger partial charge is 0.341 e. The summed E-state index contributed by atoms with van der Waals surface area (Å²) in [5.41, 5.74) is 2.45. The molecule has 0 aliphatic heterocycles. The summed E-state index contributed by atoms with van der Waals surface area (Å²) in [6.45, 7) is 5.58. The van der Waals surface area contributed by atoms with Crippen LogP contribution in [0.1, 0.15) is 66.6 Å². The van der Waals surface area contributed by atoms with E-state index in [0.717, 1.165) is 18.2 Å². The second-order valence-corrected chi connectivity index (χ2v) is 14.4. The first-order chi connectivity index (χ1) is 19.2. The molecule has 0 heterocycles. The van der Waals surface area contributed by atoms with Crippen LogP contribution in [0.25, 0.3) is 0 Å². The number of rotatable bonds is 17. The van der Waals surface area contributed by atoms with E-state index in [1.54, 1.807) is 6.07 Å². The number of carbonyl (C=O) groups excluding carboxylic acids is 3. The molecule has 11 nitrogen and oxygen atoms in total. The maximum atomic E-state index is 13.1. The summed E-state index contributed by atoms with van der Waals surface area (Å²) in [5, 5.41) is 9.29. The number of nitrogens with zero attached hydrogens (tertiary/aromatic N) is 1. The second kappa shape index (κ2) is 16.1. The number of Topliss-reactive ketones (excluding diaryl/α,β-unsaturated/α-hetero) is 1. The van der Waals surface area contributed by atoms with E-state index in [2.05, 4.69) is 18.7 Å². The molecule has 41 heavy (non-hydrogen) atoms. The lowest BCUT2D eigenvalue weighted by molar-refractivity contribution is -0.757. The van der Waals surface area contributed by atoms with E-state index in [4.69, 9.17) is 9.47 Å². The lowest BCUT2D eigenvalue weighted by Gasteiger charge is -2.14. The van der Waals surface area contributed by atoms with Crippen molar-refractivity contribution in [2.45, 2.75) is 52.4 Å². The second-order valence-electron chi connectivity index (χ2n) is 9.83. The number of esters is 2. The van der Waals surface area contributed by atoms with Crippen molar-refractivity contribution in [3.8, 4) is 5.75 Å². The molecule has 0 aliphatic rings. The zero-order valence-electron chi connectivity index (χ0n) is 23.5. The molecule has 0 radical (unpaired) electrons. The molecule has 0 saturated carbocycles. The Kier molecular flexibility index (Phi) is 13.3. The van der Waals surface area contributed by atoms with Crippen molar-refractivity contribution in [2.24, 2.45) is 5.92 Å². The summed E-state index contributed by atoms with van der Waals surface area (Å²) in [6.07, 6.45) is 1.80. The van der Waals surface area contributed by atoms with Crippen LogP contribution in [0.5, 0.6) is 5.75 Å². The van der Waals surface area contributed by atoms with Crippen molar-refractivity contribution in [3.63, 3.8) is 0 Å². The molecule has 0 spiro atoms. The minimum atomic E-state index is -3.32. The minimum Gasteiger partial charge on any atom is -0.461 e. The van der Waals surface area contributed by atoms with Gasteiger partial charge in [-0.2, -0.15) is 0 Å². The van der Waals surface area contributed by atoms with Crippen molar-refractivity contribution < 1.29 is 42.2 Å². The predicted molar refractivity (Wildman–Crippen MR) is 154 cm³/mol. The Hall–Kier alpha value is -3.45. The zero-order chi connectivity index (χ0) is 30.6. The van der Waals surface area contributed by atoms with Crippen LogP contribution < -0.4 is 4.74 Å². The highest BCUT2D eigenvalue weighted by molar-refractivity contribution is 8.71. The fraction of sp³-hybridized carbons (Fsp3) is 0.464. The Bertz CT molecular complexity index is 1320. The van der Waals surface area contributed by atoms with E-state index < -0.39 is 31.8 Å². The van der Waals surface area contributed by atoms with E-state index in [0.29, 0.717) is 22.3 Å². The quantitative estimate of drug-likeness (QED) is 0.0619. The van der Waals surface area contributed by atoms with Crippen LogP contribution in [-0.4, -0.2) is 56.4 Å². The van der Waals surface area contributed by atoms with Crippen LogP contribution >= 0.6 is 10.8 Å². The molecular formula is C28H35NO10S2. The maximum absolute atomic E-state index is 13.1. The van der Waals surface area contributed by atoms with Gasteiger partial charge in [-0.05, 0) is 58.4 Å². The highest BCUT2D eigenvalue weighted by Crippen LogP contribution is 2.25. The molecule has 0 saturated heterocycles. The third-order valence-corrected chi connectivity index (χ3v) is 8.35. The Labute approximate surface area is 243 Å². The van der Waals surface area contributed by atoms with Gasteiger partial charge in [0.05, 0.1) is 6.61 Å². The first-order valence-corrected chi connectivity index (χ1v) is 16.4. The van der Waals surface area contributed by atoms with Gasteiger partial charge in [-0.15, -0.1) is 10.1 Å². The monoisotopic (exact) mass is 609 g/mol. The Morgan fingerprint density at radius 1 is 1.00 bits per heavy atom. The average Bonchev–Trinajstić information content (AvgIpc) is 2.89. The summed E-state index contributed by atoms with van der Waals surface area (Å²) in [4.78, 5) is 52.7. The van der Waals surface area contributed by atoms with Gasteiger partial charge in [-0.1, -0.05) is 51.1 Å². The van der Waals surface area contributed by atoms with E-state index in [1.807, 2.05) is 31.2 Å². The SMILES string of the molecule is CC(C)Cc1ccc(C(C)C(=O)Cc2ccc(OC(=O)CCCO[N+](=O)[O-])c(C(=O)OCCSS(C)(=O)=O)c2)cc1. The van der Waals surface area contributed by atoms with Crippen molar-refractivity contribution in [1.29, 1.82) is 0 Å².